The Hall–Kier alpha value is -1.90. The van der Waals surface area contributed by atoms with Crippen LogP contribution < -0.4 is 10.8 Å². The summed E-state index contributed by atoms with van der Waals surface area (Å²) in [5, 5.41) is 4.51. The van der Waals surface area contributed by atoms with Crippen LogP contribution in [0, 0.1) is 0 Å². The van der Waals surface area contributed by atoms with E-state index in [1.54, 1.807) is 12.1 Å². The van der Waals surface area contributed by atoms with E-state index >= 15 is 0 Å². The molecule has 0 radical (unpaired) electrons. The summed E-state index contributed by atoms with van der Waals surface area (Å²) in [7, 11) is 0. The standard InChI is InChI=1S/C15H14F2N2O2S2/c1-10(13-3-2-8-22-13)19-21-9-14(20)18-11-4-6-12(7-5-11)23-15(16)17/h2-8,15,19H,1,9H2,(H,18,20). The predicted molar refractivity (Wildman–Crippen MR) is 89.4 cm³/mol. The Balaban J connectivity index is 1.73. The summed E-state index contributed by atoms with van der Waals surface area (Å²) in [5.41, 5.74) is 3.68. The summed E-state index contributed by atoms with van der Waals surface area (Å²) in [6.45, 7) is 3.58. The number of hydrogen-bond donors (Lipinski definition) is 2. The Morgan fingerprint density at radius 2 is 2.04 bits per heavy atom. The highest BCUT2D eigenvalue weighted by molar-refractivity contribution is 7.99. The third-order valence-electron chi connectivity index (χ3n) is 2.58. The quantitative estimate of drug-likeness (QED) is 0.550. The van der Waals surface area contributed by atoms with Crippen molar-refractivity contribution < 1.29 is 18.4 Å². The molecule has 1 heterocycles. The zero-order chi connectivity index (χ0) is 16.7. The van der Waals surface area contributed by atoms with Crippen LogP contribution in [0.15, 0.2) is 53.3 Å². The lowest BCUT2D eigenvalue weighted by molar-refractivity contribution is -0.122. The fourth-order valence-electron chi connectivity index (χ4n) is 1.61. The van der Waals surface area contributed by atoms with Crippen molar-refractivity contribution in [3.05, 3.63) is 53.2 Å². The number of thiophene rings is 1. The molecule has 0 spiro atoms. The van der Waals surface area contributed by atoms with Crippen LogP contribution >= 0.6 is 23.1 Å². The van der Waals surface area contributed by atoms with Crippen LogP contribution in [0.3, 0.4) is 0 Å². The topological polar surface area (TPSA) is 50.4 Å². The summed E-state index contributed by atoms with van der Waals surface area (Å²) in [6, 6.07) is 9.91. The van der Waals surface area contributed by atoms with Crippen molar-refractivity contribution in [2.45, 2.75) is 10.7 Å². The van der Waals surface area contributed by atoms with Crippen molar-refractivity contribution >= 4 is 40.4 Å². The molecule has 122 valence electrons. The molecule has 0 unspecified atom stereocenters. The van der Waals surface area contributed by atoms with E-state index in [1.165, 1.54) is 23.5 Å². The molecule has 2 rings (SSSR count). The van der Waals surface area contributed by atoms with Gasteiger partial charge in [-0.25, -0.2) is 0 Å². The number of anilines is 1. The van der Waals surface area contributed by atoms with Gasteiger partial charge < -0.3 is 5.32 Å². The maximum Gasteiger partial charge on any atom is 0.288 e. The fourth-order valence-corrected chi connectivity index (χ4v) is 2.75. The number of alkyl halides is 2. The van der Waals surface area contributed by atoms with Crippen LogP contribution in [0.1, 0.15) is 4.88 Å². The molecule has 1 aromatic carbocycles. The van der Waals surface area contributed by atoms with Crippen LogP contribution in [0.5, 0.6) is 0 Å². The number of rotatable bonds is 8. The Morgan fingerprint density at radius 3 is 2.65 bits per heavy atom. The van der Waals surface area contributed by atoms with Crippen LogP contribution in [0.2, 0.25) is 0 Å². The summed E-state index contributed by atoms with van der Waals surface area (Å²) < 4.78 is 24.4. The van der Waals surface area contributed by atoms with Gasteiger partial charge in [0.1, 0.15) is 0 Å². The number of carbonyl (C=O) groups is 1. The zero-order valence-corrected chi connectivity index (χ0v) is 13.6. The first-order valence-corrected chi connectivity index (χ1v) is 8.26. The molecule has 0 saturated carbocycles. The van der Waals surface area contributed by atoms with Gasteiger partial charge in [0, 0.05) is 10.6 Å². The van der Waals surface area contributed by atoms with Crippen LogP contribution in [-0.2, 0) is 9.63 Å². The van der Waals surface area contributed by atoms with Gasteiger partial charge in [-0.05, 0) is 35.7 Å². The average molecular weight is 356 g/mol. The second kappa shape index (κ2) is 8.66. The van der Waals surface area contributed by atoms with Crippen LogP contribution in [0.4, 0.5) is 14.5 Å². The van der Waals surface area contributed by atoms with E-state index < -0.39 is 5.76 Å². The first kappa shape index (κ1) is 17.5. The number of hydroxylamine groups is 1. The summed E-state index contributed by atoms with van der Waals surface area (Å²) in [4.78, 5) is 18.1. The van der Waals surface area contributed by atoms with Crippen molar-refractivity contribution in [3.8, 4) is 0 Å². The highest BCUT2D eigenvalue weighted by Gasteiger charge is 2.07. The first-order valence-electron chi connectivity index (χ1n) is 6.50. The third kappa shape index (κ3) is 6.01. The van der Waals surface area contributed by atoms with Crippen molar-refractivity contribution in [2.24, 2.45) is 0 Å². The van der Waals surface area contributed by atoms with Gasteiger partial charge in [0.05, 0.1) is 10.6 Å². The molecule has 23 heavy (non-hydrogen) atoms. The second-order valence-corrected chi connectivity index (χ2v) is 6.31. The van der Waals surface area contributed by atoms with Gasteiger partial charge in [0.25, 0.3) is 11.7 Å². The molecular formula is C15H14F2N2O2S2. The highest BCUT2D eigenvalue weighted by atomic mass is 32.2. The number of amides is 1. The summed E-state index contributed by atoms with van der Waals surface area (Å²) >= 11 is 1.95. The molecule has 1 amide bonds. The molecule has 1 aromatic heterocycles. The molecule has 2 N–H and O–H groups in total. The van der Waals surface area contributed by atoms with Crippen molar-refractivity contribution in [3.63, 3.8) is 0 Å². The Kier molecular flexibility index (Phi) is 6.57. The number of halogens is 2. The molecule has 8 heteroatoms. The number of benzene rings is 1. The lowest BCUT2D eigenvalue weighted by Gasteiger charge is -2.09. The van der Waals surface area contributed by atoms with Gasteiger partial charge in [-0.3, -0.25) is 15.1 Å². The number of nitrogens with one attached hydrogen (secondary N) is 2. The van der Waals surface area contributed by atoms with Gasteiger partial charge in [-0.15, -0.1) is 11.3 Å². The highest BCUT2D eigenvalue weighted by Crippen LogP contribution is 2.26. The monoisotopic (exact) mass is 356 g/mol. The normalized spacial score (nSPS) is 10.6. The molecular weight excluding hydrogens is 342 g/mol. The minimum atomic E-state index is -2.47. The smallest absolute Gasteiger partial charge is 0.288 e. The molecule has 0 fully saturated rings. The Bertz CT molecular complexity index is 646. The maximum atomic E-state index is 12.2. The molecule has 0 aliphatic carbocycles. The van der Waals surface area contributed by atoms with E-state index in [0.717, 1.165) is 4.88 Å². The second-order valence-electron chi connectivity index (χ2n) is 4.30. The van der Waals surface area contributed by atoms with Crippen LogP contribution in [-0.4, -0.2) is 18.3 Å². The third-order valence-corrected chi connectivity index (χ3v) is 4.23. The number of hydrogen-bond acceptors (Lipinski definition) is 5. The van der Waals surface area contributed by atoms with Crippen LogP contribution in [0.25, 0.3) is 5.70 Å². The largest absolute Gasteiger partial charge is 0.324 e. The van der Waals surface area contributed by atoms with Gasteiger partial charge in [-0.1, -0.05) is 24.4 Å². The molecule has 0 aliphatic heterocycles. The van der Waals surface area contributed by atoms with E-state index in [9.17, 15) is 13.6 Å². The van der Waals surface area contributed by atoms with Gasteiger partial charge >= 0.3 is 0 Å². The van der Waals surface area contributed by atoms with E-state index in [2.05, 4.69) is 17.4 Å². The van der Waals surface area contributed by atoms with Gasteiger partial charge in [-0.2, -0.15) is 8.78 Å². The lowest BCUT2D eigenvalue weighted by Crippen LogP contribution is -2.23. The molecule has 2 aromatic rings. The zero-order valence-electron chi connectivity index (χ0n) is 11.9. The fraction of sp³-hybridized carbons (Fsp3) is 0.133. The van der Waals surface area contributed by atoms with E-state index in [-0.39, 0.29) is 12.5 Å². The SMILES string of the molecule is C=C(NOCC(=O)Nc1ccc(SC(F)F)cc1)c1cccs1. The minimum Gasteiger partial charge on any atom is -0.324 e. The predicted octanol–water partition coefficient (Wildman–Crippen LogP) is 4.19. The van der Waals surface area contributed by atoms with Gasteiger partial charge in [0.2, 0.25) is 0 Å². The lowest BCUT2D eigenvalue weighted by atomic mass is 10.3. The number of carbonyl (C=O) groups excluding carboxylic acids is 1. The minimum absolute atomic E-state index is 0.210. The molecule has 0 saturated heterocycles. The Labute approximate surface area is 140 Å². The summed E-state index contributed by atoms with van der Waals surface area (Å²) in [5.74, 6) is -2.84. The molecule has 0 aliphatic rings. The van der Waals surface area contributed by atoms with Crippen molar-refractivity contribution in [1.29, 1.82) is 0 Å². The van der Waals surface area contributed by atoms with Crippen molar-refractivity contribution in [2.75, 3.05) is 11.9 Å². The number of thioether (sulfide) groups is 1. The van der Waals surface area contributed by atoms with E-state index in [4.69, 9.17) is 4.84 Å². The van der Waals surface area contributed by atoms with Crippen molar-refractivity contribution in [1.82, 2.24) is 5.48 Å². The van der Waals surface area contributed by atoms with Gasteiger partial charge in [0.15, 0.2) is 6.61 Å². The molecule has 0 bridgehead atoms. The van der Waals surface area contributed by atoms with E-state index in [0.29, 0.717) is 28.0 Å². The maximum absolute atomic E-state index is 12.2. The first-order chi connectivity index (χ1) is 11.0. The Morgan fingerprint density at radius 1 is 1.30 bits per heavy atom. The average Bonchev–Trinajstić information content (AvgIpc) is 3.03. The summed E-state index contributed by atoms with van der Waals surface area (Å²) in [6.07, 6.45) is 0. The van der Waals surface area contributed by atoms with E-state index in [1.807, 2.05) is 17.5 Å². The molecule has 4 nitrogen and oxygen atoms in total. The molecule has 0 atom stereocenters.